The summed E-state index contributed by atoms with van der Waals surface area (Å²) in [5, 5.41) is 34.7. The molecule has 0 heterocycles. The van der Waals surface area contributed by atoms with E-state index in [9.17, 15) is 4.79 Å². The van der Waals surface area contributed by atoms with Gasteiger partial charge in [0.2, 0.25) is 0 Å². The summed E-state index contributed by atoms with van der Waals surface area (Å²) in [6.07, 6.45) is -4.72. The van der Waals surface area contributed by atoms with Crippen LogP contribution >= 0.6 is 0 Å². The van der Waals surface area contributed by atoms with E-state index in [0.717, 1.165) is 6.92 Å². The molecule has 1 unspecified atom stereocenters. The molecule has 0 fully saturated rings. The third-order valence-corrected chi connectivity index (χ3v) is 1.32. The third-order valence-electron chi connectivity index (χ3n) is 1.32. The maximum absolute atomic E-state index is 10.4. The van der Waals surface area contributed by atoms with Crippen LogP contribution in [0.15, 0.2) is 0 Å². The van der Waals surface area contributed by atoms with E-state index in [2.05, 4.69) is 0 Å². The van der Waals surface area contributed by atoms with E-state index in [1.54, 1.807) is 0 Å². The van der Waals surface area contributed by atoms with E-state index >= 15 is 0 Å². The van der Waals surface area contributed by atoms with E-state index < -0.39 is 30.7 Å². The maximum atomic E-state index is 10.4. The molecule has 0 aromatic carbocycles. The maximum Gasteiger partial charge on any atom is 0.160 e. The van der Waals surface area contributed by atoms with Gasteiger partial charge in [0, 0.05) is 0 Å². The van der Waals surface area contributed by atoms with E-state index in [1.165, 1.54) is 0 Å². The summed E-state index contributed by atoms with van der Waals surface area (Å²) >= 11 is 0. The fourth-order valence-corrected chi connectivity index (χ4v) is 0.559. The van der Waals surface area contributed by atoms with Gasteiger partial charge in [-0.1, -0.05) is 0 Å². The molecule has 0 radical (unpaired) electrons. The summed E-state index contributed by atoms with van der Waals surface area (Å²) in [5.74, 6) is -0.648. The second-order valence-corrected chi connectivity index (χ2v) is 2.30. The van der Waals surface area contributed by atoms with Gasteiger partial charge in [-0.25, -0.2) is 0 Å². The second kappa shape index (κ2) is 4.40. The number of carbonyl (C=O) groups is 1. The van der Waals surface area contributed by atoms with Crippen LogP contribution in [-0.2, 0) is 4.79 Å². The first-order valence-electron chi connectivity index (χ1n) is 3.16. The Morgan fingerprint density at radius 1 is 1.36 bits per heavy atom. The van der Waals surface area contributed by atoms with Gasteiger partial charge in [0.1, 0.15) is 18.3 Å². The van der Waals surface area contributed by atoms with E-state index in [-0.39, 0.29) is 0 Å². The van der Waals surface area contributed by atoms with Crippen molar-refractivity contribution in [3.8, 4) is 0 Å². The van der Waals surface area contributed by atoms with Gasteiger partial charge in [-0.05, 0) is 6.92 Å². The van der Waals surface area contributed by atoms with Crippen molar-refractivity contribution in [3.63, 3.8) is 0 Å². The minimum Gasteiger partial charge on any atom is -0.394 e. The van der Waals surface area contributed by atoms with E-state index in [0.29, 0.717) is 0 Å². The molecule has 5 nitrogen and oxygen atoms in total. The molecule has 0 saturated heterocycles. The number of aliphatic hydroxyl groups is 4. The standard InChI is InChI=1S/C6H12O5/c1-3(8)5(10)6(11)4(9)2-7/h4-7,9-11H,2H2,1H3/t4-,5?,6-/m1/s1. The summed E-state index contributed by atoms with van der Waals surface area (Å²) in [6.45, 7) is 0.392. The fourth-order valence-electron chi connectivity index (χ4n) is 0.559. The van der Waals surface area contributed by atoms with Crippen LogP contribution in [0.2, 0.25) is 0 Å². The Hall–Kier alpha value is -0.490. The van der Waals surface area contributed by atoms with Crippen LogP contribution in [0, 0.1) is 0 Å². The van der Waals surface area contributed by atoms with Gasteiger partial charge in [-0.15, -0.1) is 0 Å². The molecule has 0 spiro atoms. The lowest BCUT2D eigenvalue weighted by Gasteiger charge is -2.18. The number of rotatable bonds is 4. The first-order chi connectivity index (χ1) is 5.00. The Balaban J connectivity index is 4.00. The SMILES string of the molecule is CC(=O)C(O)[C@H](O)[C@H](O)CO. The van der Waals surface area contributed by atoms with Crippen molar-refractivity contribution in [1.82, 2.24) is 0 Å². The Labute approximate surface area is 63.9 Å². The molecule has 0 amide bonds. The number of hydrogen-bond acceptors (Lipinski definition) is 5. The number of hydrogen-bond donors (Lipinski definition) is 4. The van der Waals surface area contributed by atoms with Gasteiger partial charge in [0.15, 0.2) is 5.78 Å². The molecule has 0 aliphatic heterocycles. The normalized spacial score (nSPS) is 19.0. The number of aliphatic hydroxyl groups excluding tert-OH is 4. The van der Waals surface area contributed by atoms with Gasteiger partial charge in [0.05, 0.1) is 6.61 Å². The Morgan fingerprint density at radius 3 is 2.09 bits per heavy atom. The molecule has 0 aliphatic rings. The highest BCUT2D eigenvalue weighted by atomic mass is 16.4. The van der Waals surface area contributed by atoms with Gasteiger partial charge in [0.25, 0.3) is 0 Å². The minimum absolute atomic E-state index is 0.648. The molecule has 0 aliphatic carbocycles. The summed E-state index contributed by atoms with van der Waals surface area (Å²) in [4.78, 5) is 10.4. The highest BCUT2D eigenvalue weighted by Crippen LogP contribution is 2.00. The lowest BCUT2D eigenvalue weighted by Crippen LogP contribution is -2.42. The summed E-state index contributed by atoms with van der Waals surface area (Å²) in [6, 6.07) is 0. The summed E-state index contributed by atoms with van der Waals surface area (Å²) in [5.41, 5.74) is 0. The molecular formula is C6H12O5. The van der Waals surface area contributed by atoms with Crippen LogP contribution in [0.4, 0.5) is 0 Å². The highest BCUT2D eigenvalue weighted by Gasteiger charge is 2.26. The van der Waals surface area contributed by atoms with Gasteiger partial charge in [-0.3, -0.25) is 4.79 Å². The average Bonchev–Trinajstić information content (AvgIpc) is 2.00. The molecule has 4 N–H and O–H groups in total. The minimum atomic E-state index is -1.63. The van der Waals surface area contributed by atoms with Gasteiger partial charge >= 0.3 is 0 Å². The lowest BCUT2D eigenvalue weighted by molar-refractivity contribution is -0.137. The smallest absolute Gasteiger partial charge is 0.160 e. The molecule has 0 bridgehead atoms. The first kappa shape index (κ1) is 10.5. The predicted octanol–water partition coefficient (Wildman–Crippen LogP) is -2.35. The molecule has 5 heteroatoms. The van der Waals surface area contributed by atoms with Crippen LogP contribution in [-0.4, -0.2) is 51.1 Å². The lowest BCUT2D eigenvalue weighted by atomic mass is 10.1. The van der Waals surface area contributed by atoms with Crippen molar-refractivity contribution >= 4 is 5.78 Å². The van der Waals surface area contributed by atoms with Crippen molar-refractivity contribution < 1.29 is 25.2 Å². The third kappa shape index (κ3) is 2.94. The molecule has 3 atom stereocenters. The van der Waals surface area contributed by atoms with Crippen LogP contribution < -0.4 is 0 Å². The van der Waals surface area contributed by atoms with Gasteiger partial charge in [-0.2, -0.15) is 0 Å². The number of ketones is 1. The summed E-state index contributed by atoms with van der Waals surface area (Å²) < 4.78 is 0. The Bertz CT molecular complexity index is 135. The molecule has 11 heavy (non-hydrogen) atoms. The fraction of sp³-hybridized carbons (Fsp3) is 0.833. The Morgan fingerprint density at radius 2 is 1.82 bits per heavy atom. The van der Waals surface area contributed by atoms with Gasteiger partial charge < -0.3 is 20.4 Å². The zero-order chi connectivity index (χ0) is 9.02. The van der Waals surface area contributed by atoms with E-state index in [1.807, 2.05) is 0 Å². The molecule has 0 saturated carbocycles. The topological polar surface area (TPSA) is 98.0 Å². The van der Waals surface area contributed by atoms with E-state index in [4.69, 9.17) is 20.4 Å². The van der Waals surface area contributed by atoms with Crippen molar-refractivity contribution in [2.75, 3.05) is 6.61 Å². The zero-order valence-electron chi connectivity index (χ0n) is 6.14. The molecule has 0 rings (SSSR count). The Kier molecular flexibility index (Phi) is 4.20. The molecule has 0 aromatic rings. The summed E-state index contributed by atoms with van der Waals surface area (Å²) in [7, 11) is 0. The second-order valence-electron chi connectivity index (χ2n) is 2.30. The molecule has 66 valence electrons. The molecular weight excluding hydrogens is 152 g/mol. The zero-order valence-corrected chi connectivity index (χ0v) is 6.14. The average molecular weight is 164 g/mol. The van der Waals surface area contributed by atoms with Crippen molar-refractivity contribution in [1.29, 1.82) is 0 Å². The monoisotopic (exact) mass is 164 g/mol. The quantitative estimate of drug-likeness (QED) is 0.373. The number of carbonyl (C=O) groups excluding carboxylic acids is 1. The van der Waals surface area contributed by atoms with Crippen LogP contribution in [0.25, 0.3) is 0 Å². The predicted molar refractivity (Wildman–Crippen MR) is 35.8 cm³/mol. The van der Waals surface area contributed by atoms with Crippen LogP contribution in [0.5, 0.6) is 0 Å². The van der Waals surface area contributed by atoms with Crippen LogP contribution in [0.1, 0.15) is 6.92 Å². The number of Topliss-reactive ketones (excluding diaryl/α,β-unsaturated/α-hetero) is 1. The molecule has 0 aromatic heterocycles. The van der Waals surface area contributed by atoms with Crippen molar-refractivity contribution in [2.24, 2.45) is 0 Å². The van der Waals surface area contributed by atoms with Crippen molar-refractivity contribution in [2.45, 2.75) is 25.2 Å². The highest BCUT2D eigenvalue weighted by molar-refractivity contribution is 5.80. The largest absolute Gasteiger partial charge is 0.394 e. The van der Waals surface area contributed by atoms with Crippen LogP contribution in [0.3, 0.4) is 0 Å². The van der Waals surface area contributed by atoms with Crippen molar-refractivity contribution in [3.05, 3.63) is 0 Å². The first-order valence-corrected chi connectivity index (χ1v) is 3.16.